The average Bonchev–Trinajstić information content (AvgIpc) is 3.02. The van der Waals surface area contributed by atoms with E-state index in [0.29, 0.717) is 29.6 Å². The largest absolute Gasteiger partial charge is 0.360 e. The van der Waals surface area contributed by atoms with Crippen LogP contribution in [-0.4, -0.2) is 40.6 Å². The van der Waals surface area contributed by atoms with Crippen LogP contribution < -0.4 is 5.32 Å². The number of benzene rings is 2. The van der Waals surface area contributed by atoms with Crippen LogP contribution in [0, 0.1) is 13.8 Å². The fourth-order valence-electron chi connectivity index (χ4n) is 4.65. The first kappa shape index (κ1) is 22.8. The van der Waals surface area contributed by atoms with E-state index in [4.69, 9.17) is 0 Å². The minimum absolute atomic E-state index is 0.161. The number of nitrogens with zero attached hydrogens (tertiary/aromatic N) is 1. The summed E-state index contributed by atoms with van der Waals surface area (Å²) in [7, 11) is 0. The number of aromatic amines is 1. The molecular formula is C27H31N3O3. The number of nitrogens with one attached hydrogen (secondary N) is 2. The van der Waals surface area contributed by atoms with Crippen molar-refractivity contribution in [3.63, 3.8) is 0 Å². The molecule has 1 aliphatic heterocycles. The highest BCUT2D eigenvalue weighted by Gasteiger charge is 2.26. The Hall–Kier alpha value is -3.41. The number of amides is 2. The Labute approximate surface area is 194 Å². The summed E-state index contributed by atoms with van der Waals surface area (Å²) in [6.45, 7) is 7.28. The summed E-state index contributed by atoms with van der Waals surface area (Å²) in [4.78, 5) is 43.6. The van der Waals surface area contributed by atoms with Gasteiger partial charge in [-0.3, -0.25) is 14.4 Å². The molecule has 1 unspecified atom stereocenters. The van der Waals surface area contributed by atoms with Crippen LogP contribution in [-0.2, 0) is 4.79 Å². The third-order valence-corrected chi connectivity index (χ3v) is 6.52. The summed E-state index contributed by atoms with van der Waals surface area (Å²) >= 11 is 0. The number of ketones is 1. The average molecular weight is 446 g/mol. The summed E-state index contributed by atoms with van der Waals surface area (Å²) < 4.78 is 0. The predicted molar refractivity (Wildman–Crippen MR) is 129 cm³/mol. The van der Waals surface area contributed by atoms with E-state index in [9.17, 15) is 14.4 Å². The molecule has 2 heterocycles. The van der Waals surface area contributed by atoms with E-state index in [-0.39, 0.29) is 11.9 Å². The molecule has 2 amide bonds. The molecule has 33 heavy (non-hydrogen) atoms. The molecule has 2 N–H and O–H groups in total. The first-order valence-electron chi connectivity index (χ1n) is 11.7. The number of hydrogen-bond acceptors (Lipinski definition) is 3. The zero-order valence-electron chi connectivity index (χ0n) is 19.5. The van der Waals surface area contributed by atoms with E-state index >= 15 is 0 Å². The van der Waals surface area contributed by atoms with Gasteiger partial charge < -0.3 is 15.2 Å². The number of rotatable bonds is 5. The molecule has 6 heteroatoms. The smallest absolute Gasteiger partial charge is 0.295 e. The van der Waals surface area contributed by atoms with Crippen molar-refractivity contribution in [3.05, 3.63) is 70.4 Å². The van der Waals surface area contributed by atoms with Gasteiger partial charge in [0.15, 0.2) is 0 Å². The van der Waals surface area contributed by atoms with Gasteiger partial charge in [-0.15, -0.1) is 0 Å². The number of carbonyl (C=O) groups is 3. The second-order valence-corrected chi connectivity index (χ2v) is 9.05. The molecule has 3 aromatic rings. The van der Waals surface area contributed by atoms with E-state index in [1.165, 1.54) is 5.56 Å². The van der Waals surface area contributed by atoms with Crippen molar-refractivity contribution in [1.82, 2.24) is 15.2 Å². The molecule has 172 valence electrons. The molecule has 1 atom stereocenters. The SMILES string of the molecule is Cc1ccc(C(C)NC(=O)c2ccc3[nH]cc(C(=O)C(=O)N4CCCCCC4)c3c2)c(C)c1. The van der Waals surface area contributed by atoms with Gasteiger partial charge >= 0.3 is 0 Å². The van der Waals surface area contributed by atoms with Gasteiger partial charge in [-0.1, -0.05) is 36.6 Å². The predicted octanol–water partition coefficient (Wildman–Crippen LogP) is 4.86. The molecule has 1 fully saturated rings. The van der Waals surface area contributed by atoms with Crippen molar-refractivity contribution >= 4 is 28.5 Å². The molecule has 0 aliphatic carbocycles. The minimum atomic E-state index is -0.524. The Morgan fingerprint density at radius 3 is 2.39 bits per heavy atom. The van der Waals surface area contributed by atoms with Crippen LogP contribution in [0.2, 0.25) is 0 Å². The maximum atomic E-state index is 13.0. The number of aryl methyl sites for hydroxylation is 2. The third-order valence-electron chi connectivity index (χ3n) is 6.52. The number of hydrogen-bond donors (Lipinski definition) is 2. The zero-order chi connectivity index (χ0) is 23.5. The number of Topliss-reactive ketones (excluding diaryl/α,β-unsaturated/α-hetero) is 1. The fourth-order valence-corrected chi connectivity index (χ4v) is 4.65. The molecule has 0 saturated carbocycles. The van der Waals surface area contributed by atoms with Crippen LogP contribution in [0.25, 0.3) is 10.9 Å². The highest BCUT2D eigenvalue weighted by molar-refractivity contribution is 6.44. The molecule has 0 radical (unpaired) electrons. The lowest BCUT2D eigenvalue weighted by Gasteiger charge is -2.19. The van der Waals surface area contributed by atoms with Crippen LogP contribution in [0.4, 0.5) is 0 Å². The summed E-state index contributed by atoms with van der Waals surface area (Å²) in [5.41, 5.74) is 4.87. The van der Waals surface area contributed by atoms with Gasteiger partial charge in [-0.25, -0.2) is 0 Å². The molecule has 4 rings (SSSR count). The maximum absolute atomic E-state index is 13.0. The van der Waals surface area contributed by atoms with Crippen molar-refractivity contribution in [2.24, 2.45) is 0 Å². The van der Waals surface area contributed by atoms with Crippen LogP contribution in [0.1, 0.15) is 76.1 Å². The minimum Gasteiger partial charge on any atom is -0.360 e. The monoisotopic (exact) mass is 445 g/mol. The Kier molecular flexibility index (Phi) is 6.63. The Morgan fingerprint density at radius 1 is 0.970 bits per heavy atom. The number of fused-ring (bicyclic) bond motifs is 1. The lowest BCUT2D eigenvalue weighted by molar-refractivity contribution is -0.126. The number of aromatic nitrogens is 1. The highest BCUT2D eigenvalue weighted by Crippen LogP contribution is 2.23. The lowest BCUT2D eigenvalue weighted by Crippen LogP contribution is -2.37. The summed E-state index contributed by atoms with van der Waals surface area (Å²) in [6.07, 6.45) is 5.60. The Balaban J connectivity index is 1.55. The van der Waals surface area contributed by atoms with Gasteiger partial charge in [0.2, 0.25) is 0 Å². The molecule has 1 aromatic heterocycles. The Morgan fingerprint density at radius 2 is 1.70 bits per heavy atom. The van der Waals surface area contributed by atoms with Crippen molar-refractivity contribution in [2.45, 2.75) is 52.5 Å². The molecule has 1 saturated heterocycles. The van der Waals surface area contributed by atoms with Crippen molar-refractivity contribution in [1.29, 1.82) is 0 Å². The first-order valence-corrected chi connectivity index (χ1v) is 11.7. The van der Waals surface area contributed by atoms with Crippen LogP contribution in [0.5, 0.6) is 0 Å². The zero-order valence-corrected chi connectivity index (χ0v) is 19.5. The van der Waals surface area contributed by atoms with Gasteiger partial charge in [0.1, 0.15) is 0 Å². The quantitative estimate of drug-likeness (QED) is 0.435. The standard InChI is InChI=1S/C27H31N3O3/c1-17-8-10-21(18(2)14-17)19(3)29-26(32)20-9-11-24-22(15-20)23(16-28-24)25(31)27(33)30-12-6-4-5-7-13-30/h8-11,14-16,19,28H,4-7,12-13H2,1-3H3,(H,29,32). The number of H-pyrrole nitrogens is 1. The van der Waals surface area contributed by atoms with E-state index in [1.54, 1.807) is 29.3 Å². The summed E-state index contributed by atoms with van der Waals surface area (Å²) in [5.74, 6) is -1.21. The van der Waals surface area contributed by atoms with Crippen molar-refractivity contribution in [3.8, 4) is 0 Å². The molecule has 2 aromatic carbocycles. The fraction of sp³-hybridized carbons (Fsp3) is 0.370. The van der Waals surface area contributed by atoms with E-state index < -0.39 is 11.7 Å². The second-order valence-electron chi connectivity index (χ2n) is 9.05. The van der Waals surface area contributed by atoms with Gasteiger partial charge in [0, 0.05) is 35.8 Å². The third kappa shape index (κ3) is 4.85. The van der Waals surface area contributed by atoms with Gasteiger partial charge in [-0.2, -0.15) is 0 Å². The van der Waals surface area contributed by atoms with E-state index in [2.05, 4.69) is 16.4 Å². The highest BCUT2D eigenvalue weighted by atomic mass is 16.2. The van der Waals surface area contributed by atoms with Crippen molar-refractivity contribution in [2.75, 3.05) is 13.1 Å². The molecule has 0 bridgehead atoms. The van der Waals surface area contributed by atoms with Crippen LogP contribution >= 0.6 is 0 Å². The molecule has 6 nitrogen and oxygen atoms in total. The topological polar surface area (TPSA) is 82.3 Å². The van der Waals surface area contributed by atoms with Gasteiger partial charge in [0.05, 0.1) is 11.6 Å². The lowest BCUT2D eigenvalue weighted by atomic mass is 9.99. The van der Waals surface area contributed by atoms with E-state index in [0.717, 1.165) is 42.3 Å². The van der Waals surface area contributed by atoms with Crippen molar-refractivity contribution < 1.29 is 14.4 Å². The Bertz CT molecular complexity index is 1200. The molecular weight excluding hydrogens is 414 g/mol. The molecule has 0 spiro atoms. The second kappa shape index (κ2) is 9.61. The molecule has 1 aliphatic rings. The summed E-state index contributed by atoms with van der Waals surface area (Å²) in [5, 5.41) is 3.64. The first-order chi connectivity index (χ1) is 15.8. The number of carbonyl (C=O) groups excluding carboxylic acids is 3. The van der Waals surface area contributed by atoms with Crippen LogP contribution in [0.3, 0.4) is 0 Å². The van der Waals surface area contributed by atoms with E-state index in [1.807, 2.05) is 32.9 Å². The maximum Gasteiger partial charge on any atom is 0.295 e. The van der Waals surface area contributed by atoms with Crippen LogP contribution in [0.15, 0.2) is 42.6 Å². The van der Waals surface area contributed by atoms with Gasteiger partial charge in [-0.05, 0) is 62.9 Å². The summed E-state index contributed by atoms with van der Waals surface area (Å²) in [6, 6.07) is 11.2. The van der Waals surface area contributed by atoms with Gasteiger partial charge in [0.25, 0.3) is 17.6 Å². The normalized spacial score (nSPS) is 15.2. The number of likely N-dealkylation sites (tertiary alicyclic amines) is 1.